The van der Waals surface area contributed by atoms with Gasteiger partial charge in [-0.15, -0.1) is 0 Å². The van der Waals surface area contributed by atoms with Crippen LogP contribution in [0.1, 0.15) is 26.7 Å². The number of aromatic nitrogens is 4. The molecule has 3 rings (SSSR count). The van der Waals surface area contributed by atoms with E-state index in [2.05, 4.69) is 18.8 Å². The minimum Gasteiger partial charge on any atom is -0.425 e. The van der Waals surface area contributed by atoms with E-state index in [0.717, 1.165) is 11.0 Å². The Morgan fingerprint density at radius 1 is 1.14 bits per heavy atom. The fraction of sp³-hybridized carbons (Fsp3) is 0.450. The molecule has 0 aliphatic rings. The standard InChI is InChI=1S/C20H25FN4O4/c1-13(2)9-11-24-16-17(22-19(24)29-15-7-5-14(21)6-8-15)23(3)20(28)25(18(16)27)10-4-12-26/h5-8,13,26H,4,9-12H2,1-3H3. The number of benzene rings is 1. The van der Waals surface area contributed by atoms with Gasteiger partial charge in [-0.05, 0) is 43.0 Å². The fourth-order valence-corrected chi connectivity index (χ4v) is 3.06. The average molecular weight is 404 g/mol. The number of ether oxygens (including phenoxy) is 1. The Kier molecular flexibility index (Phi) is 6.17. The minimum atomic E-state index is -0.502. The van der Waals surface area contributed by atoms with Crippen LogP contribution in [0.5, 0.6) is 11.8 Å². The van der Waals surface area contributed by atoms with Crippen LogP contribution in [-0.2, 0) is 20.1 Å². The van der Waals surface area contributed by atoms with Crippen LogP contribution in [0.2, 0.25) is 0 Å². The van der Waals surface area contributed by atoms with Gasteiger partial charge in [-0.25, -0.2) is 9.18 Å². The number of aryl methyl sites for hydroxylation is 2. The number of fused-ring (bicyclic) bond motifs is 1. The van der Waals surface area contributed by atoms with Gasteiger partial charge in [0.2, 0.25) is 0 Å². The summed E-state index contributed by atoms with van der Waals surface area (Å²) >= 11 is 0. The van der Waals surface area contributed by atoms with Crippen molar-refractivity contribution in [1.82, 2.24) is 18.7 Å². The van der Waals surface area contributed by atoms with Gasteiger partial charge < -0.3 is 9.84 Å². The van der Waals surface area contributed by atoms with Gasteiger partial charge in [0.15, 0.2) is 11.2 Å². The highest BCUT2D eigenvalue weighted by molar-refractivity contribution is 5.72. The SMILES string of the molecule is CC(C)CCn1c(Oc2ccc(F)cc2)nc2c1c(=O)n(CCCO)c(=O)n2C. The summed E-state index contributed by atoms with van der Waals surface area (Å²) in [4.78, 5) is 30.1. The van der Waals surface area contributed by atoms with E-state index < -0.39 is 11.2 Å². The van der Waals surface area contributed by atoms with Crippen LogP contribution < -0.4 is 16.0 Å². The lowest BCUT2D eigenvalue weighted by Gasteiger charge is -2.12. The van der Waals surface area contributed by atoms with Crippen LogP contribution >= 0.6 is 0 Å². The second-order valence-corrected chi connectivity index (χ2v) is 7.33. The predicted octanol–water partition coefficient (Wildman–Crippen LogP) is 2.26. The molecule has 0 radical (unpaired) electrons. The molecule has 1 N–H and O–H groups in total. The zero-order chi connectivity index (χ0) is 21.1. The molecule has 3 aromatic rings. The third-order valence-electron chi connectivity index (χ3n) is 4.69. The van der Waals surface area contributed by atoms with Crippen molar-refractivity contribution < 1.29 is 14.2 Å². The van der Waals surface area contributed by atoms with E-state index in [4.69, 9.17) is 9.84 Å². The van der Waals surface area contributed by atoms with Crippen LogP contribution in [0.25, 0.3) is 11.2 Å². The third-order valence-corrected chi connectivity index (χ3v) is 4.69. The molecule has 0 saturated heterocycles. The van der Waals surface area contributed by atoms with E-state index in [9.17, 15) is 14.0 Å². The molecule has 0 bridgehead atoms. The molecule has 0 spiro atoms. The first-order valence-electron chi connectivity index (χ1n) is 9.57. The van der Waals surface area contributed by atoms with Crippen molar-refractivity contribution in [2.75, 3.05) is 6.61 Å². The Labute approximate surface area is 166 Å². The summed E-state index contributed by atoms with van der Waals surface area (Å²) < 4.78 is 23.1. The molecule has 8 nitrogen and oxygen atoms in total. The number of aliphatic hydroxyl groups excluding tert-OH is 1. The maximum Gasteiger partial charge on any atom is 0.332 e. The first-order valence-corrected chi connectivity index (χ1v) is 9.57. The quantitative estimate of drug-likeness (QED) is 0.622. The summed E-state index contributed by atoms with van der Waals surface area (Å²) in [7, 11) is 1.54. The molecule has 1 aromatic carbocycles. The lowest BCUT2D eigenvalue weighted by atomic mass is 10.1. The number of hydrogen-bond acceptors (Lipinski definition) is 5. The molecule has 0 unspecified atom stereocenters. The molecular weight excluding hydrogens is 379 g/mol. The summed E-state index contributed by atoms with van der Waals surface area (Å²) in [5.41, 5.74) is -0.483. The topological polar surface area (TPSA) is 91.3 Å². The molecule has 9 heteroatoms. The Morgan fingerprint density at radius 2 is 1.83 bits per heavy atom. The highest BCUT2D eigenvalue weighted by Gasteiger charge is 2.21. The molecular formula is C20H25FN4O4. The molecule has 156 valence electrons. The van der Waals surface area contributed by atoms with Crippen molar-refractivity contribution in [2.45, 2.75) is 39.8 Å². The molecule has 2 aromatic heterocycles. The number of hydrogen-bond donors (Lipinski definition) is 1. The lowest BCUT2D eigenvalue weighted by Crippen LogP contribution is -2.39. The Morgan fingerprint density at radius 3 is 2.45 bits per heavy atom. The largest absolute Gasteiger partial charge is 0.425 e. The molecule has 0 fully saturated rings. The van der Waals surface area contributed by atoms with Crippen LogP contribution in [0.3, 0.4) is 0 Å². The van der Waals surface area contributed by atoms with Crippen LogP contribution in [-0.4, -0.2) is 30.4 Å². The summed E-state index contributed by atoms with van der Waals surface area (Å²) in [5, 5.41) is 9.09. The monoisotopic (exact) mass is 404 g/mol. The fourth-order valence-electron chi connectivity index (χ4n) is 3.06. The number of nitrogens with zero attached hydrogens (tertiary/aromatic N) is 4. The van der Waals surface area contributed by atoms with E-state index in [1.807, 2.05) is 0 Å². The zero-order valence-electron chi connectivity index (χ0n) is 16.8. The van der Waals surface area contributed by atoms with E-state index in [1.165, 1.54) is 28.8 Å². The second kappa shape index (κ2) is 8.60. The van der Waals surface area contributed by atoms with Gasteiger partial charge in [-0.2, -0.15) is 4.98 Å². The van der Waals surface area contributed by atoms with Gasteiger partial charge in [-0.1, -0.05) is 13.8 Å². The first kappa shape index (κ1) is 20.8. The van der Waals surface area contributed by atoms with Crippen LogP contribution in [0, 0.1) is 11.7 Å². The Bertz CT molecular complexity index is 1110. The highest BCUT2D eigenvalue weighted by Crippen LogP contribution is 2.25. The van der Waals surface area contributed by atoms with E-state index >= 15 is 0 Å². The van der Waals surface area contributed by atoms with Gasteiger partial charge in [0.05, 0.1) is 0 Å². The zero-order valence-corrected chi connectivity index (χ0v) is 16.8. The maximum atomic E-state index is 13.2. The third kappa shape index (κ3) is 4.24. The van der Waals surface area contributed by atoms with Crippen molar-refractivity contribution in [2.24, 2.45) is 13.0 Å². The molecule has 0 atom stereocenters. The summed E-state index contributed by atoms with van der Waals surface area (Å²) in [6.07, 6.45) is 1.06. The van der Waals surface area contributed by atoms with Gasteiger partial charge in [0.25, 0.3) is 5.56 Å². The highest BCUT2D eigenvalue weighted by atomic mass is 19.1. The molecule has 0 aliphatic heterocycles. The lowest BCUT2D eigenvalue weighted by molar-refractivity contribution is 0.277. The molecule has 29 heavy (non-hydrogen) atoms. The predicted molar refractivity (Wildman–Crippen MR) is 107 cm³/mol. The van der Waals surface area contributed by atoms with Crippen molar-refractivity contribution in [3.05, 3.63) is 50.9 Å². The number of aliphatic hydroxyl groups is 1. The summed E-state index contributed by atoms with van der Waals surface area (Å²) in [6.45, 7) is 4.59. The number of rotatable bonds is 8. The summed E-state index contributed by atoms with van der Waals surface area (Å²) in [5.74, 6) is 0.355. The maximum absolute atomic E-state index is 13.2. The van der Waals surface area contributed by atoms with Crippen molar-refractivity contribution >= 4 is 11.2 Å². The van der Waals surface area contributed by atoms with Crippen LogP contribution in [0.4, 0.5) is 4.39 Å². The number of halogens is 1. The Balaban J connectivity index is 2.19. The summed E-state index contributed by atoms with van der Waals surface area (Å²) in [6, 6.07) is 5.65. The number of imidazole rings is 1. The van der Waals surface area contributed by atoms with Crippen LogP contribution in [0.15, 0.2) is 33.9 Å². The van der Waals surface area contributed by atoms with E-state index in [0.29, 0.717) is 24.6 Å². The van der Waals surface area contributed by atoms with Gasteiger partial charge >= 0.3 is 11.7 Å². The first-order chi connectivity index (χ1) is 13.8. The second-order valence-electron chi connectivity index (χ2n) is 7.33. The molecule has 2 heterocycles. The van der Waals surface area contributed by atoms with E-state index in [-0.39, 0.29) is 36.1 Å². The van der Waals surface area contributed by atoms with Crippen molar-refractivity contribution in [3.8, 4) is 11.8 Å². The smallest absolute Gasteiger partial charge is 0.332 e. The van der Waals surface area contributed by atoms with Crippen molar-refractivity contribution in [3.63, 3.8) is 0 Å². The van der Waals surface area contributed by atoms with Crippen molar-refractivity contribution in [1.29, 1.82) is 0 Å². The molecule has 0 saturated carbocycles. The minimum absolute atomic E-state index is 0.113. The molecule has 0 amide bonds. The van der Waals surface area contributed by atoms with Gasteiger partial charge in [0, 0.05) is 26.7 Å². The average Bonchev–Trinajstić information content (AvgIpc) is 3.05. The Hall–Kier alpha value is -2.94. The van der Waals surface area contributed by atoms with E-state index in [1.54, 1.807) is 11.6 Å². The molecule has 0 aliphatic carbocycles. The normalized spacial score (nSPS) is 11.5. The van der Waals surface area contributed by atoms with Gasteiger partial charge in [0.1, 0.15) is 11.6 Å². The van der Waals surface area contributed by atoms with Gasteiger partial charge in [-0.3, -0.25) is 18.5 Å².